The fourth-order valence-corrected chi connectivity index (χ4v) is 2.75. The SMILES string of the molecule is COc1ccc(C(=O)Nc2ccnn2Cc2ccccc2Br)c(F)c1. The predicted octanol–water partition coefficient (Wildman–Crippen LogP) is 4.09. The van der Waals surface area contributed by atoms with Gasteiger partial charge < -0.3 is 10.1 Å². The molecule has 0 bridgehead atoms. The number of amides is 1. The number of methoxy groups -OCH3 is 1. The summed E-state index contributed by atoms with van der Waals surface area (Å²) < 4.78 is 21.6. The Morgan fingerprint density at radius 3 is 2.80 bits per heavy atom. The molecule has 0 aliphatic heterocycles. The third-order valence-electron chi connectivity index (χ3n) is 3.66. The molecule has 0 aliphatic rings. The molecule has 1 N–H and O–H groups in total. The van der Waals surface area contributed by atoms with Crippen LogP contribution < -0.4 is 10.1 Å². The Morgan fingerprint density at radius 2 is 2.08 bits per heavy atom. The molecule has 3 rings (SSSR count). The summed E-state index contributed by atoms with van der Waals surface area (Å²) >= 11 is 3.49. The van der Waals surface area contributed by atoms with Gasteiger partial charge >= 0.3 is 0 Å². The molecule has 7 heteroatoms. The van der Waals surface area contributed by atoms with E-state index in [9.17, 15) is 9.18 Å². The lowest BCUT2D eigenvalue weighted by molar-refractivity contribution is 0.102. The second kappa shape index (κ2) is 7.48. The molecular weight excluding hydrogens is 389 g/mol. The Bertz CT molecular complexity index is 911. The number of aromatic nitrogens is 2. The van der Waals surface area contributed by atoms with E-state index in [1.54, 1.807) is 16.9 Å². The van der Waals surface area contributed by atoms with Crippen LogP contribution in [0.25, 0.3) is 0 Å². The summed E-state index contributed by atoms with van der Waals surface area (Å²) in [4.78, 5) is 12.4. The summed E-state index contributed by atoms with van der Waals surface area (Å²) in [6, 6.07) is 13.5. The third kappa shape index (κ3) is 3.88. The minimum atomic E-state index is -0.645. The third-order valence-corrected chi connectivity index (χ3v) is 4.43. The molecule has 0 saturated heterocycles. The maximum absolute atomic E-state index is 14.0. The standard InChI is InChI=1S/C18H15BrFN3O2/c1-25-13-6-7-14(16(20)10-13)18(24)22-17-8-9-21-23(17)11-12-4-2-3-5-15(12)19/h2-10H,11H2,1H3,(H,22,24). The van der Waals surface area contributed by atoms with Crippen LogP contribution in [0.4, 0.5) is 10.2 Å². The van der Waals surface area contributed by atoms with E-state index in [1.807, 2.05) is 24.3 Å². The van der Waals surface area contributed by atoms with Crippen molar-refractivity contribution in [3.8, 4) is 5.75 Å². The number of ether oxygens (including phenoxy) is 1. The summed E-state index contributed by atoms with van der Waals surface area (Å²) in [7, 11) is 1.44. The van der Waals surface area contributed by atoms with Gasteiger partial charge in [-0.3, -0.25) is 4.79 Å². The van der Waals surface area contributed by atoms with Crippen LogP contribution in [0.5, 0.6) is 5.75 Å². The summed E-state index contributed by atoms with van der Waals surface area (Å²) in [5.41, 5.74) is 0.951. The fourth-order valence-electron chi connectivity index (χ4n) is 2.34. The monoisotopic (exact) mass is 403 g/mol. The van der Waals surface area contributed by atoms with Crippen LogP contribution in [0.15, 0.2) is 59.2 Å². The molecule has 1 aromatic heterocycles. The van der Waals surface area contributed by atoms with Crippen molar-refractivity contribution in [1.29, 1.82) is 0 Å². The molecule has 0 aliphatic carbocycles. The van der Waals surface area contributed by atoms with Gasteiger partial charge in [0, 0.05) is 16.6 Å². The van der Waals surface area contributed by atoms with E-state index in [1.165, 1.54) is 25.3 Å². The molecule has 0 spiro atoms. The zero-order chi connectivity index (χ0) is 17.8. The second-order valence-corrected chi connectivity index (χ2v) is 6.12. The maximum atomic E-state index is 14.0. The molecule has 0 unspecified atom stereocenters. The van der Waals surface area contributed by atoms with Gasteiger partial charge in [-0.25, -0.2) is 9.07 Å². The number of nitrogens with one attached hydrogen (secondary N) is 1. The summed E-state index contributed by atoms with van der Waals surface area (Å²) in [5, 5.41) is 6.91. The van der Waals surface area contributed by atoms with Crippen LogP contribution in [0.1, 0.15) is 15.9 Å². The molecule has 25 heavy (non-hydrogen) atoms. The van der Waals surface area contributed by atoms with E-state index in [0.717, 1.165) is 10.0 Å². The van der Waals surface area contributed by atoms with Gasteiger partial charge in [-0.1, -0.05) is 34.1 Å². The van der Waals surface area contributed by atoms with E-state index in [2.05, 4.69) is 26.3 Å². The van der Waals surface area contributed by atoms with Crippen molar-refractivity contribution < 1.29 is 13.9 Å². The zero-order valence-corrected chi connectivity index (χ0v) is 15.0. The topological polar surface area (TPSA) is 56.1 Å². The number of anilines is 1. The molecule has 0 saturated carbocycles. The van der Waals surface area contributed by atoms with Gasteiger partial charge in [0.05, 0.1) is 25.4 Å². The van der Waals surface area contributed by atoms with Crippen LogP contribution in [0.2, 0.25) is 0 Å². The molecular formula is C18H15BrFN3O2. The van der Waals surface area contributed by atoms with Gasteiger partial charge in [0.15, 0.2) is 0 Å². The van der Waals surface area contributed by atoms with Crippen molar-refractivity contribution in [1.82, 2.24) is 9.78 Å². The molecule has 128 valence electrons. The van der Waals surface area contributed by atoms with Gasteiger partial charge in [-0.2, -0.15) is 5.10 Å². The van der Waals surface area contributed by atoms with E-state index in [0.29, 0.717) is 18.1 Å². The number of nitrogens with zero attached hydrogens (tertiary/aromatic N) is 2. The van der Waals surface area contributed by atoms with Crippen molar-refractivity contribution in [2.75, 3.05) is 12.4 Å². The van der Waals surface area contributed by atoms with Crippen molar-refractivity contribution in [2.45, 2.75) is 6.54 Å². The Labute approximate surface area is 152 Å². The van der Waals surface area contributed by atoms with Crippen molar-refractivity contribution in [3.05, 3.63) is 76.1 Å². The normalized spacial score (nSPS) is 10.5. The number of rotatable bonds is 5. The first-order valence-electron chi connectivity index (χ1n) is 7.48. The van der Waals surface area contributed by atoms with Crippen LogP contribution in [-0.2, 0) is 6.54 Å². The van der Waals surface area contributed by atoms with Gasteiger partial charge in [-0.15, -0.1) is 0 Å². The predicted molar refractivity (Wildman–Crippen MR) is 96.4 cm³/mol. The molecule has 5 nitrogen and oxygen atoms in total. The van der Waals surface area contributed by atoms with E-state index >= 15 is 0 Å². The number of halogens is 2. The van der Waals surface area contributed by atoms with Crippen LogP contribution in [0, 0.1) is 5.82 Å². The Balaban J connectivity index is 1.79. The van der Waals surface area contributed by atoms with Gasteiger partial charge in [-0.05, 0) is 23.8 Å². The Kier molecular flexibility index (Phi) is 5.14. The highest BCUT2D eigenvalue weighted by molar-refractivity contribution is 9.10. The van der Waals surface area contributed by atoms with Crippen molar-refractivity contribution >= 4 is 27.7 Å². The maximum Gasteiger partial charge on any atom is 0.259 e. The number of hydrogen-bond acceptors (Lipinski definition) is 3. The highest BCUT2D eigenvalue weighted by Gasteiger charge is 2.15. The zero-order valence-electron chi connectivity index (χ0n) is 13.4. The van der Waals surface area contributed by atoms with Crippen LogP contribution in [-0.4, -0.2) is 22.8 Å². The first-order valence-corrected chi connectivity index (χ1v) is 8.28. The minimum Gasteiger partial charge on any atom is -0.497 e. The minimum absolute atomic E-state index is 0.0607. The molecule has 0 radical (unpaired) electrons. The number of carbonyl (C=O) groups is 1. The fraction of sp³-hybridized carbons (Fsp3) is 0.111. The Morgan fingerprint density at radius 1 is 1.28 bits per heavy atom. The largest absolute Gasteiger partial charge is 0.497 e. The lowest BCUT2D eigenvalue weighted by Gasteiger charge is -2.11. The van der Waals surface area contributed by atoms with Gasteiger partial charge in [0.25, 0.3) is 5.91 Å². The lowest BCUT2D eigenvalue weighted by Crippen LogP contribution is -2.17. The highest BCUT2D eigenvalue weighted by Crippen LogP contribution is 2.20. The van der Waals surface area contributed by atoms with E-state index in [-0.39, 0.29) is 5.56 Å². The number of benzene rings is 2. The lowest BCUT2D eigenvalue weighted by atomic mass is 10.2. The van der Waals surface area contributed by atoms with E-state index in [4.69, 9.17) is 4.74 Å². The average molecular weight is 404 g/mol. The highest BCUT2D eigenvalue weighted by atomic mass is 79.9. The molecule has 1 heterocycles. The average Bonchev–Trinajstić information content (AvgIpc) is 3.03. The molecule has 1 amide bonds. The summed E-state index contributed by atoms with van der Waals surface area (Å²) in [6.07, 6.45) is 1.58. The molecule has 0 fully saturated rings. The van der Waals surface area contributed by atoms with Crippen LogP contribution in [0.3, 0.4) is 0 Å². The number of carbonyl (C=O) groups excluding carboxylic acids is 1. The quantitative estimate of drug-likeness (QED) is 0.697. The first kappa shape index (κ1) is 17.2. The van der Waals surface area contributed by atoms with E-state index < -0.39 is 11.7 Å². The molecule has 0 atom stereocenters. The van der Waals surface area contributed by atoms with Crippen molar-refractivity contribution in [3.63, 3.8) is 0 Å². The van der Waals surface area contributed by atoms with Gasteiger partial charge in [0.2, 0.25) is 0 Å². The Hall–Kier alpha value is -2.67. The van der Waals surface area contributed by atoms with Crippen LogP contribution >= 0.6 is 15.9 Å². The molecule has 3 aromatic rings. The second-order valence-electron chi connectivity index (χ2n) is 5.27. The van der Waals surface area contributed by atoms with Crippen molar-refractivity contribution in [2.24, 2.45) is 0 Å². The first-order chi connectivity index (χ1) is 12.1. The summed E-state index contributed by atoms with van der Waals surface area (Å²) in [5.74, 6) is -0.355. The number of hydrogen-bond donors (Lipinski definition) is 1. The smallest absolute Gasteiger partial charge is 0.259 e. The van der Waals surface area contributed by atoms with Gasteiger partial charge in [0.1, 0.15) is 17.4 Å². The molecule has 2 aromatic carbocycles. The summed E-state index contributed by atoms with van der Waals surface area (Å²) in [6.45, 7) is 0.467.